The molecule has 23 heavy (non-hydrogen) atoms. The van der Waals surface area contributed by atoms with Crippen molar-refractivity contribution < 1.29 is 22.1 Å². The number of carbonyl (C=O) groups is 1. The van der Waals surface area contributed by atoms with Crippen LogP contribution in [0.15, 0.2) is 12.4 Å². The van der Waals surface area contributed by atoms with E-state index in [1.54, 1.807) is 0 Å². The fourth-order valence-corrected chi connectivity index (χ4v) is 3.53. The molecule has 128 valence electrons. The average Bonchev–Trinajstić information content (AvgIpc) is 2.52. The van der Waals surface area contributed by atoms with E-state index in [-0.39, 0.29) is 23.6 Å². The summed E-state index contributed by atoms with van der Waals surface area (Å²) >= 11 is 5.77. The number of hydrogen-bond acceptors (Lipinski definition) is 7. The van der Waals surface area contributed by atoms with E-state index in [0.29, 0.717) is 30.7 Å². The van der Waals surface area contributed by atoms with Crippen LogP contribution in [0, 0.1) is 11.8 Å². The van der Waals surface area contributed by atoms with Gasteiger partial charge in [0.25, 0.3) is 10.1 Å². The standard InChI is InChI=1S/C14H19ClN2O5S/c1-21-14(18)10-5-3-9(4-6-10)12(22-23(2,19)20)13-16-7-11(15)8-17-13/h7-10,12H,3-6H2,1-2H3/t9-,10-,12?. The van der Waals surface area contributed by atoms with E-state index in [1.165, 1.54) is 19.5 Å². The third-order valence-corrected chi connectivity index (χ3v) is 4.66. The number of esters is 1. The second kappa shape index (κ2) is 7.55. The van der Waals surface area contributed by atoms with E-state index in [4.69, 9.17) is 20.5 Å². The van der Waals surface area contributed by atoms with Gasteiger partial charge >= 0.3 is 5.97 Å². The lowest BCUT2D eigenvalue weighted by molar-refractivity contribution is -0.147. The van der Waals surface area contributed by atoms with Gasteiger partial charge in [-0.2, -0.15) is 8.42 Å². The largest absolute Gasteiger partial charge is 0.469 e. The van der Waals surface area contributed by atoms with Gasteiger partial charge < -0.3 is 4.74 Å². The molecule has 1 aliphatic rings. The quantitative estimate of drug-likeness (QED) is 0.584. The van der Waals surface area contributed by atoms with Crippen LogP contribution in [0.5, 0.6) is 0 Å². The molecule has 9 heteroatoms. The molecule has 0 aromatic carbocycles. The molecule has 0 bridgehead atoms. The molecule has 1 saturated carbocycles. The molecule has 0 saturated heterocycles. The van der Waals surface area contributed by atoms with Crippen LogP contribution in [0.25, 0.3) is 0 Å². The molecular weight excluding hydrogens is 344 g/mol. The van der Waals surface area contributed by atoms with Crippen molar-refractivity contribution >= 4 is 27.7 Å². The fourth-order valence-electron chi connectivity index (χ4n) is 2.81. The molecule has 1 atom stereocenters. The molecule has 1 aromatic rings. The topological polar surface area (TPSA) is 95.5 Å². The maximum atomic E-state index is 11.6. The van der Waals surface area contributed by atoms with Gasteiger partial charge in [0.1, 0.15) is 6.10 Å². The second-order valence-electron chi connectivity index (χ2n) is 5.62. The first kappa shape index (κ1) is 18.1. The fraction of sp³-hybridized carbons (Fsp3) is 0.643. The SMILES string of the molecule is COC(=O)[C@H]1CC[C@H](C(OS(C)(=O)=O)c2ncc(Cl)cn2)CC1. The number of rotatable bonds is 5. The van der Waals surface area contributed by atoms with Crippen molar-refractivity contribution in [2.45, 2.75) is 31.8 Å². The number of methoxy groups -OCH3 is 1. The monoisotopic (exact) mass is 362 g/mol. The van der Waals surface area contributed by atoms with Crippen molar-refractivity contribution in [3.63, 3.8) is 0 Å². The summed E-state index contributed by atoms with van der Waals surface area (Å²) in [5.41, 5.74) is 0. The van der Waals surface area contributed by atoms with Crippen LogP contribution in [0.4, 0.5) is 0 Å². The Bertz CT molecular complexity index is 642. The van der Waals surface area contributed by atoms with Gasteiger partial charge in [-0.3, -0.25) is 8.98 Å². The molecule has 2 rings (SSSR count). The van der Waals surface area contributed by atoms with Gasteiger partial charge in [-0.15, -0.1) is 0 Å². The molecule has 7 nitrogen and oxygen atoms in total. The zero-order chi connectivity index (χ0) is 17.0. The van der Waals surface area contributed by atoms with E-state index >= 15 is 0 Å². The number of hydrogen-bond donors (Lipinski definition) is 0. The summed E-state index contributed by atoms with van der Waals surface area (Å²) in [6, 6.07) is 0. The molecule has 1 aromatic heterocycles. The Labute approximate surface area is 140 Å². The van der Waals surface area contributed by atoms with Crippen molar-refractivity contribution in [1.82, 2.24) is 9.97 Å². The molecule has 1 heterocycles. The molecular formula is C14H19ClN2O5S. The summed E-state index contributed by atoms with van der Waals surface area (Å²) in [5.74, 6) is -0.193. The highest BCUT2D eigenvalue weighted by Crippen LogP contribution is 2.39. The van der Waals surface area contributed by atoms with Gasteiger partial charge in [0.15, 0.2) is 5.82 Å². The minimum atomic E-state index is -3.67. The van der Waals surface area contributed by atoms with E-state index in [9.17, 15) is 13.2 Å². The van der Waals surface area contributed by atoms with Crippen molar-refractivity contribution in [3.8, 4) is 0 Å². The van der Waals surface area contributed by atoms with Crippen LogP contribution in [-0.2, 0) is 23.8 Å². The summed E-state index contributed by atoms with van der Waals surface area (Å²) in [7, 11) is -2.30. The molecule has 1 aliphatic carbocycles. The maximum Gasteiger partial charge on any atom is 0.308 e. The van der Waals surface area contributed by atoms with Crippen molar-refractivity contribution in [3.05, 3.63) is 23.2 Å². The minimum Gasteiger partial charge on any atom is -0.469 e. The highest BCUT2D eigenvalue weighted by atomic mass is 35.5. The Hall–Kier alpha value is -1.25. The van der Waals surface area contributed by atoms with Crippen LogP contribution in [0.1, 0.15) is 37.6 Å². The molecule has 1 fully saturated rings. The average molecular weight is 363 g/mol. The van der Waals surface area contributed by atoms with Crippen LogP contribution in [0.2, 0.25) is 5.02 Å². The van der Waals surface area contributed by atoms with Crippen molar-refractivity contribution in [2.24, 2.45) is 11.8 Å². The lowest BCUT2D eigenvalue weighted by Crippen LogP contribution is -2.28. The first-order valence-corrected chi connectivity index (χ1v) is 9.43. The first-order valence-electron chi connectivity index (χ1n) is 7.23. The van der Waals surface area contributed by atoms with Gasteiger partial charge in [-0.1, -0.05) is 11.6 Å². The predicted molar refractivity (Wildman–Crippen MR) is 83.2 cm³/mol. The van der Waals surface area contributed by atoms with Gasteiger partial charge in [-0.05, 0) is 31.6 Å². The third kappa shape index (κ3) is 5.12. The molecule has 1 unspecified atom stereocenters. The van der Waals surface area contributed by atoms with E-state index in [0.717, 1.165) is 6.26 Å². The van der Waals surface area contributed by atoms with Gasteiger partial charge in [-0.25, -0.2) is 9.97 Å². The third-order valence-electron chi connectivity index (χ3n) is 3.91. The highest BCUT2D eigenvalue weighted by molar-refractivity contribution is 7.86. The summed E-state index contributed by atoms with van der Waals surface area (Å²) in [6.07, 6.45) is 5.53. The molecule has 0 amide bonds. The zero-order valence-corrected chi connectivity index (χ0v) is 14.5. The van der Waals surface area contributed by atoms with Crippen LogP contribution in [-0.4, -0.2) is 37.7 Å². The first-order chi connectivity index (χ1) is 10.8. The molecule has 0 radical (unpaired) electrons. The Morgan fingerprint density at radius 2 is 1.83 bits per heavy atom. The second-order valence-corrected chi connectivity index (χ2v) is 7.65. The highest BCUT2D eigenvalue weighted by Gasteiger charge is 2.35. The molecule has 0 N–H and O–H groups in total. The predicted octanol–water partition coefficient (Wildman–Crippen LogP) is 2.13. The Balaban J connectivity index is 2.15. The Kier molecular flexibility index (Phi) is 5.94. The summed E-state index contributed by atoms with van der Waals surface area (Å²) in [6.45, 7) is 0. The lowest BCUT2D eigenvalue weighted by Gasteiger charge is -2.31. The summed E-state index contributed by atoms with van der Waals surface area (Å²) < 4.78 is 33.1. The number of nitrogens with zero attached hydrogens (tertiary/aromatic N) is 2. The van der Waals surface area contributed by atoms with E-state index in [2.05, 4.69) is 9.97 Å². The number of carbonyl (C=O) groups excluding carboxylic acids is 1. The normalized spacial score (nSPS) is 23.3. The van der Waals surface area contributed by atoms with Crippen molar-refractivity contribution in [1.29, 1.82) is 0 Å². The molecule has 0 aliphatic heterocycles. The maximum absolute atomic E-state index is 11.6. The van der Waals surface area contributed by atoms with Crippen LogP contribution in [0.3, 0.4) is 0 Å². The van der Waals surface area contributed by atoms with Crippen LogP contribution >= 0.6 is 11.6 Å². The van der Waals surface area contributed by atoms with Crippen LogP contribution < -0.4 is 0 Å². The van der Waals surface area contributed by atoms with Gasteiger partial charge in [0, 0.05) is 12.4 Å². The number of halogens is 1. The Morgan fingerprint density at radius 3 is 2.30 bits per heavy atom. The van der Waals surface area contributed by atoms with Gasteiger partial charge in [0.05, 0.1) is 24.3 Å². The van der Waals surface area contributed by atoms with Gasteiger partial charge in [0.2, 0.25) is 0 Å². The summed E-state index contributed by atoms with van der Waals surface area (Å²) in [4.78, 5) is 19.8. The number of ether oxygens (including phenoxy) is 1. The summed E-state index contributed by atoms with van der Waals surface area (Å²) in [5, 5.41) is 0.362. The lowest BCUT2D eigenvalue weighted by atomic mass is 9.79. The zero-order valence-electron chi connectivity index (χ0n) is 12.9. The minimum absolute atomic E-state index is 0.0909. The molecule has 0 spiro atoms. The number of aromatic nitrogens is 2. The van der Waals surface area contributed by atoms with Crippen molar-refractivity contribution in [2.75, 3.05) is 13.4 Å². The van der Waals surface area contributed by atoms with E-state index in [1.807, 2.05) is 0 Å². The Morgan fingerprint density at radius 1 is 1.26 bits per heavy atom. The smallest absolute Gasteiger partial charge is 0.308 e. The van der Waals surface area contributed by atoms with E-state index < -0.39 is 16.2 Å².